The summed E-state index contributed by atoms with van der Waals surface area (Å²) in [5, 5.41) is 12.7. The van der Waals surface area contributed by atoms with Crippen LogP contribution in [-0.2, 0) is 0 Å². The lowest BCUT2D eigenvalue weighted by molar-refractivity contribution is 0.0932. The number of phenols is 1. The Labute approximate surface area is 137 Å². The number of aromatic hydroxyl groups is 1. The summed E-state index contributed by atoms with van der Waals surface area (Å²) in [5.74, 6) is -0.250. The minimum atomic E-state index is -0.254. The van der Waals surface area contributed by atoms with Crippen molar-refractivity contribution in [3.8, 4) is 5.75 Å². The van der Waals surface area contributed by atoms with E-state index in [4.69, 9.17) is 0 Å². The zero-order valence-corrected chi connectivity index (χ0v) is 13.7. The summed E-state index contributed by atoms with van der Waals surface area (Å²) < 4.78 is 0. The van der Waals surface area contributed by atoms with Crippen LogP contribution in [0.1, 0.15) is 35.8 Å². The van der Waals surface area contributed by atoms with Gasteiger partial charge in [-0.25, -0.2) is 0 Å². The molecule has 1 atom stereocenters. The first-order chi connectivity index (χ1) is 11.2. The smallest absolute Gasteiger partial charge is 0.255 e. The van der Waals surface area contributed by atoms with E-state index >= 15 is 0 Å². The van der Waals surface area contributed by atoms with E-state index in [1.165, 1.54) is 11.6 Å². The van der Waals surface area contributed by atoms with Crippen LogP contribution in [0.2, 0.25) is 0 Å². The van der Waals surface area contributed by atoms with Crippen molar-refractivity contribution in [2.45, 2.75) is 19.9 Å². The molecule has 0 heterocycles. The van der Waals surface area contributed by atoms with Crippen molar-refractivity contribution < 1.29 is 9.90 Å². The molecule has 122 valence electrons. The second kappa shape index (κ2) is 8.34. The molecule has 0 radical (unpaired) electrons. The van der Waals surface area contributed by atoms with Crippen LogP contribution in [-0.4, -0.2) is 35.5 Å². The Morgan fingerprint density at radius 1 is 1.04 bits per heavy atom. The summed E-state index contributed by atoms with van der Waals surface area (Å²) in [6.45, 7) is 6.54. The standard InChI is InChI=1S/C19H24N2O2/c1-3-21(4-2)17(15-10-6-5-7-11-15)14-20-19(23)16-12-8-9-13-18(16)22/h5-13,17,22H,3-4,14H2,1-2H3,(H,20,23). The van der Waals surface area contributed by atoms with Crippen molar-refractivity contribution in [2.24, 2.45) is 0 Å². The third kappa shape index (κ3) is 4.33. The second-order valence-electron chi connectivity index (χ2n) is 5.37. The van der Waals surface area contributed by atoms with Gasteiger partial charge in [0.05, 0.1) is 11.6 Å². The highest BCUT2D eigenvalue weighted by Crippen LogP contribution is 2.20. The predicted octanol–water partition coefficient (Wildman–Crippen LogP) is 3.21. The van der Waals surface area contributed by atoms with Gasteiger partial charge in [0, 0.05) is 6.54 Å². The highest BCUT2D eigenvalue weighted by Gasteiger charge is 2.19. The molecule has 0 aliphatic heterocycles. The lowest BCUT2D eigenvalue weighted by atomic mass is 10.0. The average molecular weight is 312 g/mol. The van der Waals surface area contributed by atoms with E-state index in [1.807, 2.05) is 18.2 Å². The molecule has 1 amide bonds. The number of phenolic OH excluding ortho intramolecular Hbond substituents is 1. The number of benzene rings is 2. The molecule has 4 heteroatoms. The van der Waals surface area contributed by atoms with Crippen LogP contribution in [0.5, 0.6) is 5.75 Å². The summed E-state index contributed by atoms with van der Waals surface area (Å²) in [6.07, 6.45) is 0. The van der Waals surface area contributed by atoms with Gasteiger partial charge in [0.25, 0.3) is 5.91 Å². The molecular formula is C19H24N2O2. The number of likely N-dealkylation sites (N-methyl/N-ethyl adjacent to an activating group) is 1. The van der Waals surface area contributed by atoms with Gasteiger partial charge in [-0.1, -0.05) is 56.3 Å². The molecule has 2 aromatic rings. The van der Waals surface area contributed by atoms with Crippen LogP contribution in [0.25, 0.3) is 0 Å². The van der Waals surface area contributed by atoms with Gasteiger partial charge in [-0.3, -0.25) is 9.69 Å². The van der Waals surface area contributed by atoms with Crippen LogP contribution >= 0.6 is 0 Å². The number of hydrogen-bond acceptors (Lipinski definition) is 3. The number of amides is 1. The van der Waals surface area contributed by atoms with Gasteiger partial charge < -0.3 is 10.4 Å². The van der Waals surface area contributed by atoms with Gasteiger partial charge >= 0.3 is 0 Å². The molecule has 0 aromatic heterocycles. The topological polar surface area (TPSA) is 52.6 Å². The van der Waals surface area contributed by atoms with E-state index in [0.717, 1.165) is 13.1 Å². The first-order valence-electron chi connectivity index (χ1n) is 8.02. The third-order valence-electron chi connectivity index (χ3n) is 4.04. The summed E-state index contributed by atoms with van der Waals surface area (Å²) in [5.41, 5.74) is 1.48. The Kier molecular flexibility index (Phi) is 6.18. The summed E-state index contributed by atoms with van der Waals surface area (Å²) >= 11 is 0. The highest BCUT2D eigenvalue weighted by atomic mass is 16.3. The molecule has 0 fully saturated rings. The summed E-state index contributed by atoms with van der Waals surface area (Å²) in [4.78, 5) is 14.6. The molecule has 0 spiro atoms. The maximum Gasteiger partial charge on any atom is 0.255 e. The molecule has 1 unspecified atom stereocenters. The van der Waals surface area contributed by atoms with E-state index in [2.05, 4.69) is 36.2 Å². The summed E-state index contributed by atoms with van der Waals surface area (Å²) in [7, 11) is 0. The zero-order chi connectivity index (χ0) is 16.7. The Balaban J connectivity index is 2.12. The molecular weight excluding hydrogens is 288 g/mol. The Hall–Kier alpha value is -2.33. The summed E-state index contributed by atoms with van der Waals surface area (Å²) in [6, 6.07) is 16.9. The van der Waals surface area contributed by atoms with Crippen molar-refractivity contribution in [3.63, 3.8) is 0 Å². The van der Waals surface area contributed by atoms with E-state index < -0.39 is 0 Å². The molecule has 0 bridgehead atoms. The van der Waals surface area contributed by atoms with Crippen molar-refractivity contribution in [1.82, 2.24) is 10.2 Å². The van der Waals surface area contributed by atoms with Gasteiger partial charge in [0.2, 0.25) is 0 Å². The first-order valence-corrected chi connectivity index (χ1v) is 8.02. The van der Waals surface area contributed by atoms with Gasteiger partial charge in [-0.2, -0.15) is 0 Å². The number of carbonyl (C=O) groups is 1. The fourth-order valence-electron chi connectivity index (χ4n) is 2.75. The van der Waals surface area contributed by atoms with Gasteiger partial charge in [0.15, 0.2) is 0 Å². The van der Waals surface area contributed by atoms with Crippen molar-refractivity contribution in [3.05, 3.63) is 65.7 Å². The van der Waals surface area contributed by atoms with E-state index in [9.17, 15) is 9.90 Å². The molecule has 2 aromatic carbocycles. The third-order valence-corrected chi connectivity index (χ3v) is 4.04. The van der Waals surface area contributed by atoms with Crippen LogP contribution in [0.3, 0.4) is 0 Å². The lowest BCUT2D eigenvalue weighted by Gasteiger charge is -2.30. The Morgan fingerprint density at radius 2 is 1.65 bits per heavy atom. The maximum atomic E-state index is 12.3. The molecule has 2 rings (SSSR count). The van der Waals surface area contributed by atoms with Crippen LogP contribution in [0.15, 0.2) is 54.6 Å². The fraction of sp³-hybridized carbons (Fsp3) is 0.316. The van der Waals surface area contributed by atoms with Gasteiger partial charge in [-0.15, -0.1) is 0 Å². The average Bonchev–Trinajstić information content (AvgIpc) is 2.59. The minimum Gasteiger partial charge on any atom is -0.507 e. The number of rotatable bonds is 7. The van der Waals surface area contributed by atoms with Gasteiger partial charge in [0.1, 0.15) is 5.75 Å². The quantitative estimate of drug-likeness (QED) is 0.825. The highest BCUT2D eigenvalue weighted by molar-refractivity contribution is 5.96. The minimum absolute atomic E-state index is 0.00380. The molecule has 2 N–H and O–H groups in total. The largest absolute Gasteiger partial charge is 0.507 e. The molecule has 4 nitrogen and oxygen atoms in total. The molecule has 0 aliphatic rings. The van der Waals surface area contributed by atoms with Crippen molar-refractivity contribution in [2.75, 3.05) is 19.6 Å². The Bertz CT molecular complexity index is 624. The number of carbonyl (C=O) groups excluding carboxylic acids is 1. The normalized spacial score (nSPS) is 12.1. The van der Waals surface area contributed by atoms with E-state index in [1.54, 1.807) is 18.2 Å². The molecule has 0 aliphatic carbocycles. The Morgan fingerprint density at radius 3 is 2.26 bits per heavy atom. The second-order valence-corrected chi connectivity index (χ2v) is 5.37. The SMILES string of the molecule is CCN(CC)C(CNC(=O)c1ccccc1O)c1ccccc1. The maximum absolute atomic E-state index is 12.3. The number of nitrogens with zero attached hydrogens (tertiary/aromatic N) is 1. The van der Waals surface area contributed by atoms with Crippen LogP contribution in [0.4, 0.5) is 0 Å². The number of para-hydroxylation sites is 1. The van der Waals surface area contributed by atoms with E-state index in [-0.39, 0.29) is 17.7 Å². The van der Waals surface area contributed by atoms with Crippen LogP contribution < -0.4 is 5.32 Å². The van der Waals surface area contributed by atoms with Crippen LogP contribution in [0, 0.1) is 0 Å². The fourth-order valence-corrected chi connectivity index (χ4v) is 2.75. The predicted molar refractivity (Wildman–Crippen MR) is 92.5 cm³/mol. The van der Waals surface area contributed by atoms with Crippen molar-refractivity contribution >= 4 is 5.91 Å². The molecule has 0 saturated heterocycles. The number of nitrogens with one attached hydrogen (secondary N) is 1. The van der Waals surface area contributed by atoms with E-state index in [0.29, 0.717) is 12.1 Å². The molecule has 0 saturated carbocycles. The van der Waals surface area contributed by atoms with Crippen molar-refractivity contribution in [1.29, 1.82) is 0 Å². The first kappa shape index (κ1) is 17.0. The number of hydrogen-bond donors (Lipinski definition) is 2. The zero-order valence-electron chi connectivity index (χ0n) is 13.7. The monoisotopic (exact) mass is 312 g/mol. The van der Waals surface area contributed by atoms with Gasteiger partial charge in [-0.05, 0) is 30.8 Å². The molecule has 23 heavy (non-hydrogen) atoms. The lowest BCUT2D eigenvalue weighted by Crippen LogP contribution is -2.38.